The summed E-state index contributed by atoms with van der Waals surface area (Å²) in [5, 5.41) is 0. The molecule has 0 fully saturated rings. The summed E-state index contributed by atoms with van der Waals surface area (Å²) >= 11 is 9.59. The standard InChI is InChI=1S/C28H50Br2S/c1-3-5-7-9-11-13-15-17-19-21-23-25-26(28(30)31-27(25)29)24-22-20-18-16-14-12-10-8-6-4-2/h3-24H2,1-2H3. The average molecular weight is 579 g/mol. The van der Waals surface area contributed by atoms with Crippen LogP contribution in [0.4, 0.5) is 0 Å². The van der Waals surface area contributed by atoms with E-state index in [-0.39, 0.29) is 0 Å². The molecule has 182 valence electrons. The molecule has 1 aromatic heterocycles. The molecular formula is C28H50Br2S. The molecule has 0 nitrogen and oxygen atoms in total. The van der Waals surface area contributed by atoms with Crippen LogP contribution in [-0.2, 0) is 12.8 Å². The van der Waals surface area contributed by atoms with Crippen molar-refractivity contribution in [3.63, 3.8) is 0 Å². The summed E-state index contributed by atoms with van der Waals surface area (Å²) in [6, 6.07) is 0. The SMILES string of the molecule is CCCCCCCCCCCCc1c(Br)sc(Br)c1CCCCCCCCCCCC. The summed E-state index contributed by atoms with van der Waals surface area (Å²) in [6.45, 7) is 4.60. The topological polar surface area (TPSA) is 0 Å². The van der Waals surface area contributed by atoms with Gasteiger partial charge in [-0.05, 0) is 68.7 Å². The Labute approximate surface area is 216 Å². The second-order valence-electron chi connectivity index (χ2n) is 9.47. The number of rotatable bonds is 22. The summed E-state index contributed by atoms with van der Waals surface area (Å²) in [7, 11) is 0. The molecule has 0 spiro atoms. The number of unbranched alkanes of at least 4 members (excludes halogenated alkanes) is 18. The van der Waals surface area contributed by atoms with Crippen LogP contribution >= 0.6 is 43.2 Å². The van der Waals surface area contributed by atoms with Crippen LogP contribution in [-0.4, -0.2) is 0 Å². The highest BCUT2D eigenvalue weighted by Crippen LogP contribution is 2.39. The lowest BCUT2D eigenvalue weighted by Crippen LogP contribution is -1.94. The van der Waals surface area contributed by atoms with Crippen LogP contribution in [0.1, 0.15) is 153 Å². The molecule has 0 saturated heterocycles. The smallest absolute Gasteiger partial charge is 0.0745 e. The Balaban J connectivity index is 2.12. The fourth-order valence-electron chi connectivity index (χ4n) is 4.52. The van der Waals surface area contributed by atoms with Gasteiger partial charge in [-0.1, -0.05) is 129 Å². The maximum absolute atomic E-state index is 3.85. The van der Waals surface area contributed by atoms with Crippen LogP contribution in [0, 0.1) is 0 Å². The van der Waals surface area contributed by atoms with E-state index in [0.717, 1.165) is 0 Å². The Morgan fingerprint density at radius 2 is 0.677 bits per heavy atom. The molecule has 1 aromatic rings. The quantitative estimate of drug-likeness (QED) is 0.120. The third-order valence-electron chi connectivity index (χ3n) is 6.58. The normalized spacial score (nSPS) is 11.5. The van der Waals surface area contributed by atoms with Crippen molar-refractivity contribution in [2.24, 2.45) is 0 Å². The van der Waals surface area contributed by atoms with Crippen LogP contribution in [0.2, 0.25) is 0 Å². The van der Waals surface area contributed by atoms with Crippen molar-refractivity contribution in [2.75, 3.05) is 0 Å². The number of hydrogen-bond donors (Lipinski definition) is 0. The van der Waals surface area contributed by atoms with Gasteiger partial charge in [0.1, 0.15) is 0 Å². The van der Waals surface area contributed by atoms with Crippen molar-refractivity contribution in [3.8, 4) is 0 Å². The van der Waals surface area contributed by atoms with Crippen molar-refractivity contribution in [3.05, 3.63) is 18.7 Å². The summed E-state index contributed by atoms with van der Waals surface area (Å²) < 4.78 is 2.75. The predicted molar refractivity (Wildman–Crippen MR) is 151 cm³/mol. The molecule has 0 bridgehead atoms. The lowest BCUT2D eigenvalue weighted by atomic mass is 9.99. The van der Waals surface area contributed by atoms with E-state index in [2.05, 4.69) is 45.7 Å². The molecule has 0 aliphatic heterocycles. The predicted octanol–water partition coefficient (Wildman–Crippen LogP) is 12.2. The summed E-state index contributed by atoms with van der Waals surface area (Å²) in [4.78, 5) is 0. The van der Waals surface area contributed by atoms with Crippen LogP contribution in [0.15, 0.2) is 7.57 Å². The van der Waals surface area contributed by atoms with Crippen LogP contribution in [0.3, 0.4) is 0 Å². The molecule has 3 heteroatoms. The Morgan fingerprint density at radius 1 is 0.419 bits per heavy atom. The first-order valence-corrected chi connectivity index (χ1v) is 16.1. The minimum Gasteiger partial charge on any atom is -0.121 e. The molecule has 0 radical (unpaired) electrons. The third kappa shape index (κ3) is 15.2. The third-order valence-corrected chi connectivity index (χ3v) is 9.36. The van der Waals surface area contributed by atoms with Gasteiger partial charge in [0.2, 0.25) is 0 Å². The Kier molecular flexibility index (Phi) is 20.3. The molecule has 0 N–H and O–H groups in total. The molecule has 0 saturated carbocycles. The Hall–Kier alpha value is 0.660. The molecule has 1 heterocycles. The fourth-order valence-corrected chi connectivity index (χ4v) is 7.87. The molecule has 0 atom stereocenters. The molecular weight excluding hydrogens is 528 g/mol. The summed E-state index contributed by atoms with van der Waals surface area (Å²) in [5.41, 5.74) is 3.21. The van der Waals surface area contributed by atoms with Crippen LogP contribution in [0.25, 0.3) is 0 Å². The lowest BCUT2D eigenvalue weighted by Gasteiger charge is -2.07. The number of halogens is 2. The first kappa shape index (κ1) is 29.7. The van der Waals surface area contributed by atoms with Gasteiger partial charge in [-0.25, -0.2) is 0 Å². The second kappa shape index (κ2) is 21.2. The number of hydrogen-bond acceptors (Lipinski definition) is 1. The van der Waals surface area contributed by atoms with E-state index >= 15 is 0 Å². The zero-order valence-corrected chi connectivity index (χ0v) is 24.7. The van der Waals surface area contributed by atoms with E-state index in [1.54, 1.807) is 11.1 Å². The minimum absolute atomic E-state index is 1.26. The first-order chi connectivity index (χ1) is 15.2. The van der Waals surface area contributed by atoms with Gasteiger partial charge in [0, 0.05) is 0 Å². The van der Waals surface area contributed by atoms with Gasteiger partial charge < -0.3 is 0 Å². The van der Waals surface area contributed by atoms with Gasteiger partial charge in [-0.3, -0.25) is 0 Å². The second-order valence-corrected chi connectivity index (χ2v) is 13.1. The Bertz CT molecular complexity index is 479. The maximum atomic E-state index is 3.85. The van der Waals surface area contributed by atoms with E-state index < -0.39 is 0 Å². The molecule has 0 amide bonds. The van der Waals surface area contributed by atoms with E-state index in [9.17, 15) is 0 Å². The highest BCUT2D eigenvalue weighted by Gasteiger charge is 2.14. The average Bonchev–Trinajstić information content (AvgIpc) is 3.03. The van der Waals surface area contributed by atoms with Crippen molar-refractivity contribution in [2.45, 2.75) is 155 Å². The lowest BCUT2D eigenvalue weighted by molar-refractivity contribution is 0.553. The molecule has 0 aromatic carbocycles. The molecule has 1 rings (SSSR count). The fraction of sp³-hybridized carbons (Fsp3) is 0.857. The number of thiophene rings is 1. The highest BCUT2D eigenvalue weighted by atomic mass is 79.9. The van der Waals surface area contributed by atoms with Crippen LogP contribution in [0.5, 0.6) is 0 Å². The molecule has 0 aliphatic rings. The van der Waals surface area contributed by atoms with Crippen molar-refractivity contribution in [1.82, 2.24) is 0 Å². The van der Waals surface area contributed by atoms with Gasteiger partial charge in [0.25, 0.3) is 0 Å². The van der Waals surface area contributed by atoms with Crippen LogP contribution < -0.4 is 0 Å². The highest BCUT2D eigenvalue weighted by molar-refractivity contribution is 9.12. The van der Waals surface area contributed by atoms with Gasteiger partial charge in [0.05, 0.1) is 7.57 Å². The van der Waals surface area contributed by atoms with Crippen molar-refractivity contribution < 1.29 is 0 Å². The monoisotopic (exact) mass is 576 g/mol. The van der Waals surface area contributed by atoms with E-state index in [0.29, 0.717) is 0 Å². The molecule has 0 unspecified atom stereocenters. The maximum Gasteiger partial charge on any atom is 0.0745 e. The van der Waals surface area contributed by atoms with Gasteiger partial charge >= 0.3 is 0 Å². The minimum atomic E-state index is 1.26. The van der Waals surface area contributed by atoms with E-state index in [1.807, 2.05) is 11.3 Å². The van der Waals surface area contributed by atoms with E-state index in [4.69, 9.17) is 0 Å². The van der Waals surface area contributed by atoms with Gasteiger partial charge in [0.15, 0.2) is 0 Å². The van der Waals surface area contributed by atoms with Crippen molar-refractivity contribution >= 4 is 43.2 Å². The largest absolute Gasteiger partial charge is 0.121 e. The van der Waals surface area contributed by atoms with Gasteiger partial charge in [-0.15, -0.1) is 11.3 Å². The molecule has 0 aliphatic carbocycles. The Morgan fingerprint density at radius 3 is 0.968 bits per heavy atom. The summed E-state index contributed by atoms with van der Waals surface area (Å²) in [6.07, 6.45) is 30.9. The zero-order chi connectivity index (χ0) is 22.6. The van der Waals surface area contributed by atoms with E-state index in [1.165, 1.54) is 149 Å². The zero-order valence-electron chi connectivity index (χ0n) is 20.7. The first-order valence-electron chi connectivity index (χ1n) is 13.7. The molecule has 31 heavy (non-hydrogen) atoms. The van der Waals surface area contributed by atoms with Crippen molar-refractivity contribution in [1.29, 1.82) is 0 Å². The summed E-state index contributed by atoms with van der Waals surface area (Å²) in [5.74, 6) is 0. The van der Waals surface area contributed by atoms with Gasteiger partial charge in [-0.2, -0.15) is 0 Å².